The van der Waals surface area contributed by atoms with Crippen molar-refractivity contribution in [1.82, 2.24) is 5.32 Å². The zero-order valence-electron chi connectivity index (χ0n) is 7.72. The highest BCUT2D eigenvalue weighted by Crippen LogP contribution is 2.06. The first-order chi connectivity index (χ1) is 5.24. The molecule has 0 aliphatic carbocycles. The van der Waals surface area contributed by atoms with Crippen LogP contribution in [-0.4, -0.2) is 24.3 Å². The van der Waals surface area contributed by atoms with Crippen molar-refractivity contribution in [3.8, 4) is 0 Å². The van der Waals surface area contributed by atoms with Crippen molar-refractivity contribution in [1.29, 1.82) is 0 Å². The Morgan fingerprint density at radius 1 is 1.55 bits per heavy atom. The van der Waals surface area contributed by atoms with Gasteiger partial charge >= 0.3 is 0 Å². The van der Waals surface area contributed by atoms with Gasteiger partial charge in [0.25, 0.3) is 0 Å². The van der Waals surface area contributed by atoms with E-state index in [9.17, 15) is 0 Å². The van der Waals surface area contributed by atoms with Crippen LogP contribution >= 0.6 is 0 Å². The summed E-state index contributed by atoms with van der Waals surface area (Å²) < 4.78 is 0. The summed E-state index contributed by atoms with van der Waals surface area (Å²) in [6.07, 6.45) is 2.36. The number of hydrogen-bond acceptors (Lipinski definition) is 2. The van der Waals surface area contributed by atoms with Crippen molar-refractivity contribution in [3.63, 3.8) is 0 Å². The van der Waals surface area contributed by atoms with Gasteiger partial charge in [-0.1, -0.05) is 13.3 Å². The summed E-state index contributed by atoms with van der Waals surface area (Å²) in [7, 11) is 0. The van der Waals surface area contributed by atoms with Gasteiger partial charge < -0.3 is 5.32 Å². The minimum absolute atomic E-state index is 0.479. The van der Waals surface area contributed by atoms with E-state index in [1.807, 2.05) is 0 Å². The van der Waals surface area contributed by atoms with E-state index >= 15 is 0 Å². The van der Waals surface area contributed by atoms with Crippen molar-refractivity contribution in [2.75, 3.05) is 6.54 Å². The molecular formula is C9H18N2. The van der Waals surface area contributed by atoms with E-state index in [0.29, 0.717) is 12.1 Å². The van der Waals surface area contributed by atoms with Crippen LogP contribution < -0.4 is 5.32 Å². The van der Waals surface area contributed by atoms with E-state index in [0.717, 1.165) is 13.0 Å². The second kappa shape index (κ2) is 3.86. The normalized spacial score (nSPS) is 31.7. The minimum atomic E-state index is 0.479. The molecule has 0 aromatic heterocycles. The average molecular weight is 154 g/mol. The van der Waals surface area contributed by atoms with Crippen LogP contribution in [0.1, 0.15) is 33.6 Å². The van der Waals surface area contributed by atoms with Gasteiger partial charge in [-0.25, -0.2) is 0 Å². The van der Waals surface area contributed by atoms with Crippen molar-refractivity contribution in [2.45, 2.75) is 45.7 Å². The molecule has 0 bridgehead atoms. The molecule has 2 heteroatoms. The molecule has 2 atom stereocenters. The molecule has 2 nitrogen and oxygen atoms in total. The molecule has 11 heavy (non-hydrogen) atoms. The van der Waals surface area contributed by atoms with Gasteiger partial charge in [-0.15, -0.1) is 0 Å². The maximum absolute atomic E-state index is 4.61. The van der Waals surface area contributed by atoms with E-state index < -0.39 is 0 Å². The summed E-state index contributed by atoms with van der Waals surface area (Å²) in [5, 5.41) is 3.44. The molecular weight excluding hydrogens is 136 g/mol. The van der Waals surface area contributed by atoms with Gasteiger partial charge in [-0.3, -0.25) is 4.99 Å². The molecule has 1 rings (SSSR count). The molecule has 1 aliphatic heterocycles. The summed E-state index contributed by atoms with van der Waals surface area (Å²) in [6, 6.07) is 0.985. The van der Waals surface area contributed by atoms with Gasteiger partial charge in [0, 0.05) is 18.3 Å². The van der Waals surface area contributed by atoms with Gasteiger partial charge in [0.1, 0.15) is 0 Å². The molecule has 0 spiro atoms. The Morgan fingerprint density at radius 3 is 2.91 bits per heavy atom. The van der Waals surface area contributed by atoms with Crippen LogP contribution in [-0.2, 0) is 0 Å². The van der Waals surface area contributed by atoms with Gasteiger partial charge in [-0.05, 0) is 20.3 Å². The fourth-order valence-corrected chi connectivity index (χ4v) is 1.44. The lowest BCUT2D eigenvalue weighted by molar-refractivity contribution is 0.548. The Labute approximate surface area is 69.1 Å². The third kappa shape index (κ3) is 2.29. The van der Waals surface area contributed by atoms with E-state index in [2.05, 4.69) is 31.1 Å². The van der Waals surface area contributed by atoms with E-state index in [1.165, 1.54) is 12.1 Å². The van der Waals surface area contributed by atoms with Crippen LogP contribution in [0.25, 0.3) is 0 Å². The van der Waals surface area contributed by atoms with Crippen LogP contribution in [0.5, 0.6) is 0 Å². The number of nitrogens with zero attached hydrogens (tertiary/aromatic N) is 1. The first-order valence-electron chi connectivity index (χ1n) is 4.54. The number of hydrogen-bond donors (Lipinski definition) is 1. The van der Waals surface area contributed by atoms with Crippen molar-refractivity contribution < 1.29 is 0 Å². The first-order valence-corrected chi connectivity index (χ1v) is 4.54. The quantitative estimate of drug-likeness (QED) is 0.642. The minimum Gasteiger partial charge on any atom is -0.307 e. The third-order valence-electron chi connectivity index (χ3n) is 2.11. The highest BCUT2D eigenvalue weighted by Gasteiger charge is 2.16. The zero-order valence-corrected chi connectivity index (χ0v) is 7.72. The van der Waals surface area contributed by atoms with Crippen LogP contribution in [0, 0.1) is 0 Å². The summed E-state index contributed by atoms with van der Waals surface area (Å²) in [5.74, 6) is 0. The Hall–Kier alpha value is -0.370. The predicted molar refractivity (Wildman–Crippen MR) is 49.3 cm³/mol. The highest BCUT2D eigenvalue weighted by molar-refractivity contribution is 5.89. The largest absolute Gasteiger partial charge is 0.307 e. The molecule has 0 fully saturated rings. The predicted octanol–water partition coefficient (Wildman–Crippen LogP) is 1.61. The maximum Gasteiger partial charge on any atom is 0.0596 e. The average Bonchev–Trinajstić information content (AvgIpc) is 1.98. The molecule has 0 aromatic carbocycles. The summed E-state index contributed by atoms with van der Waals surface area (Å²) in [4.78, 5) is 4.61. The second-order valence-electron chi connectivity index (χ2n) is 3.35. The highest BCUT2D eigenvalue weighted by atomic mass is 15.0. The van der Waals surface area contributed by atoms with Crippen LogP contribution in [0.3, 0.4) is 0 Å². The fourth-order valence-electron chi connectivity index (χ4n) is 1.44. The van der Waals surface area contributed by atoms with Crippen LogP contribution in [0.4, 0.5) is 0 Å². The first kappa shape index (κ1) is 8.72. The monoisotopic (exact) mass is 154 g/mol. The Bertz CT molecular complexity index is 152. The third-order valence-corrected chi connectivity index (χ3v) is 2.11. The van der Waals surface area contributed by atoms with Gasteiger partial charge in [0.2, 0.25) is 0 Å². The van der Waals surface area contributed by atoms with Crippen molar-refractivity contribution >= 4 is 5.71 Å². The molecule has 0 radical (unpaired) electrons. The second-order valence-corrected chi connectivity index (χ2v) is 3.35. The van der Waals surface area contributed by atoms with E-state index in [4.69, 9.17) is 0 Å². The molecule has 0 aromatic rings. The smallest absolute Gasteiger partial charge is 0.0596 e. The SMILES string of the molecule is CCCC1=NC(C)CNC1C. The number of aliphatic imine (C=N–C) groups is 1. The molecule has 1 N–H and O–H groups in total. The lowest BCUT2D eigenvalue weighted by atomic mass is 10.1. The topological polar surface area (TPSA) is 24.4 Å². The molecule has 1 aliphatic rings. The Balaban J connectivity index is 2.56. The lowest BCUT2D eigenvalue weighted by Gasteiger charge is -2.24. The van der Waals surface area contributed by atoms with E-state index in [1.54, 1.807) is 0 Å². The molecule has 64 valence electrons. The zero-order chi connectivity index (χ0) is 8.27. The summed E-state index contributed by atoms with van der Waals surface area (Å²) in [6.45, 7) is 7.60. The van der Waals surface area contributed by atoms with Gasteiger partial charge in [0.15, 0.2) is 0 Å². The summed E-state index contributed by atoms with van der Waals surface area (Å²) >= 11 is 0. The fraction of sp³-hybridized carbons (Fsp3) is 0.889. The molecule has 0 saturated carbocycles. The molecule has 2 unspecified atom stereocenters. The molecule has 0 amide bonds. The Kier molecular flexibility index (Phi) is 3.06. The Morgan fingerprint density at radius 2 is 2.27 bits per heavy atom. The van der Waals surface area contributed by atoms with Crippen molar-refractivity contribution in [3.05, 3.63) is 0 Å². The summed E-state index contributed by atoms with van der Waals surface area (Å²) in [5.41, 5.74) is 1.35. The standard InChI is InChI=1S/C9H18N2/c1-4-5-9-8(3)10-6-7(2)11-9/h7-8,10H,4-6H2,1-3H3. The van der Waals surface area contributed by atoms with Crippen LogP contribution in [0.15, 0.2) is 4.99 Å². The maximum atomic E-state index is 4.61. The van der Waals surface area contributed by atoms with Crippen molar-refractivity contribution in [2.24, 2.45) is 4.99 Å². The van der Waals surface area contributed by atoms with E-state index in [-0.39, 0.29) is 0 Å². The molecule has 1 heterocycles. The number of nitrogens with one attached hydrogen (secondary N) is 1. The van der Waals surface area contributed by atoms with Crippen LogP contribution in [0.2, 0.25) is 0 Å². The van der Waals surface area contributed by atoms with Gasteiger partial charge in [0.05, 0.1) is 6.04 Å². The number of rotatable bonds is 2. The lowest BCUT2D eigenvalue weighted by Crippen LogP contribution is -2.42. The molecule has 0 saturated heterocycles. The van der Waals surface area contributed by atoms with Gasteiger partial charge in [-0.2, -0.15) is 0 Å².